The zero-order valence-corrected chi connectivity index (χ0v) is 11.5. The Morgan fingerprint density at radius 2 is 2.30 bits per heavy atom. The summed E-state index contributed by atoms with van der Waals surface area (Å²) in [5.74, 6) is 0.0890. The van der Waals surface area contributed by atoms with E-state index in [1.807, 2.05) is 0 Å². The summed E-state index contributed by atoms with van der Waals surface area (Å²) in [6, 6.07) is 3.86. The van der Waals surface area contributed by atoms with Gasteiger partial charge in [0.15, 0.2) is 0 Å². The number of likely N-dealkylation sites (tertiary alicyclic amines) is 1. The van der Waals surface area contributed by atoms with E-state index in [1.54, 1.807) is 4.90 Å². The Morgan fingerprint density at radius 1 is 1.55 bits per heavy atom. The number of carbonyl (C=O) groups excluding carboxylic acids is 1. The Hall–Kier alpha value is -1.66. The average molecular weight is 299 g/mol. The fourth-order valence-electron chi connectivity index (χ4n) is 2.40. The summed E-state index contributed by atoms with van der Waals surface area (Å²) in [7, 11) is 0. The van der Waals surface area contributed by atoms with Crippen LogP contribution in [0.25, 0.3) is 0 Å². The van der Waals surface area contributed by atoms with Crippen LogP contribution in [0.4, 0.5) is 5.69 Å². The van der Waals surface area contributed by atoms with Crippen LogP contribution in [-0.2, 0) is 0 Å². The molecule has 1 atom stereocenters. The molecule has 1 aliphatic heterocycles. The van der Waals surface area contributed by atoms with Crippen molar-refractivity contribution < 1.29 is 14.8 Å². The molecular formula is C13H15ClN2O4. The minimum atomic E-state index is -0.548. The number of carbonyl (C=O) groups is 1. The number of nitro benzene ring substituents is 1. The van der Waals surface area contributed by atoms with E-state index in [-0.39, 0.29) is 28.8 Å². The number of amides is 1. The molecule has 6 nitrogen and oxygen atoms in total. The summed E-state index contributed by atoms with van der Waals surface area (Å²) in [5.41, 5.74) is 0.146. The molecule has 7 heteroatoms. The first kappa shape index (κ1) is 14.7. The minimum Gasteiger partial charge on any atom is -0.396 e. The minimum absolute atomic E-state index is 0.0924. The number of aliphatic hydroxyl groups is 1. The van der Waals surface area contributed by atoms with Crippen molar-refractivity contribution in [2.45, 2.75) is 12.8 Å². The maximum absolute atomic E-state index is 12.3. The predicted molar refractivity (Wildman–Crippen MR) is 73.8 cm³/mol. The number of aliphatic hydroxyl groups excluding tert-OH is 1. The molecule has 0 aliphatic carbocycles. The molecule has 1 unspecified atom stereocenters. The highest BCUT2D eigenvalue weighted by Crippen LogP contribution is 2.26. The Kier molecular flexibility index (Phi) is 4.57. The van der Waals surface area contributed by atoms with E-state index in [0.29, 0.717) is 25.4 Å². The van der Waals surface area contributed by atoms with Crippen molar-refractivity contribution in [2.75, 3.05) is 19.7 Å². The van der Waals surface area contributed by atoms with Gasteiger partial charge in [-0.15, -0.1) is 0 Å². The van der Waals surface area contributed by atoms with Gasteiger partial charge in [0.25, 0.3) is 11.6 Å². The molecule has 1 saturated heterocycles. The number of nitrogens with zero attached hydrogens (tertiary/aromatic N) is 2. The Balaban J connectivity index is 2.12. The van der Waals surface area contributed by atoms with Crippen molar-refractivity contribution in [2.24, 2.45) is 5.92 Å². The number of nitro groups is 1. The molecular weight excluding hydrogens is 284 g/mol. The van der Waals surface area contributed by atoms with Crippen LogP contribution in [0.5, 0.6) is 0 Å². The van der Waals surface area contributed by atoms with Crippen LogP contribution >= 0.6 is 11.6 Å². The van der Waals surface area contributed by atoms with Crippen molar-refractivity contribution in [3.63, 3.8) is 0 Å². The van der Waals surface area contributed by atoms with E-state index in [2.05, 4.69) is 0 Å². The van der Waals surface area contributed by atoms with E-state index in [0.717, 1.165) is 6.42 Å². The second-order valence-corrected chi connectivity index (χ2v) is 5.25. The molecule has 0 saturated carbocycles. The van der Waals surface area contributed by atoms with Gasteiger partial charge in [0, 0.05) is 31.8 Å². The van der Waals surface area contributed by atoms with Crippen molar-refractivity contribution in [1.82, 2.24) is 4.90 Å². The van der Waals surface area contributed by atoms with Gasteiger partial charge in [0.1, 0.15) is 0 Å². The lowest BCUT2D eigenvalue weighted by molar-refractivity contribution is -0.384. The second kappa shape index (κ2) is 6.19. The Bertz CT molecular complexity index is 535. The lowest BCUT2D eigenvalue weighted by Crippen LogP contribution is -2.29. The SMILES string of the molecule is O=C(c1ccc([N+](=O)[O-])cc1Cl)N1CCC(CCO)C1. The summed E-state index contributed by atoms with van der Waals surface area (Å²) >= 11 is 5.95. The highest BCUT2D eigenvalue weighted by atomic mass is 35.5. The number of non-ortho nitro benzene ring substituents is 1. The van der Waals surface area contributed by atoms with E-state index < -0.39 is 4.92 Å². The summed E-state index contributed by atoms with van der Waals surface area (Å²) < 4.78 is 0. The molecule has 0 spiro atoms. The van der Waals surface area contributed by atoms with E-state index in [1.165, 1.54) is 18.2 Å². The van der Waals surface area contributed by atoms with Crippen LogP contribution in [0, 0.1) is 16.0 Å². The van der Waals surface area contributed by atoms with Crippen molar-refractivity contribution in [3.05, 3.63) is 38.9 Å². The van der Waals surface area contributed by atoms with Gasteiger partial charge in [0.05, 0.1) is 15.5 Å². The summed E-state index contributed by atoms with van der Waals surface area (Å²) in [6.07, 6.45) is 1.54. The van der Waals surface area contributed by atoms with E-state index in [9.17, 15) is 14.9 Å². The van der Waals surface area contributed by atoms with Gasteiger partial charge in [0.2, 0.25) is 0 Å². The molecule has 1 fully saturated rings. The summed E-state index contributed by atoms with van der Waals surface area (Å²) in [5, 5.41) is 19.6. The van der Waals surface area contributed by atoms with Gasteiger partial charge in [-0.2, -0.15) is 0 Å². The van der Waals surface area contributed by atoms with Gasteiger partial charge in [-0.1, -0.05) is 11.6 Å². The first-order chi connectivity index (χ1) is 9.52. The molecule has 1 aromatic carbocycles. The number of rotatable bonds is 4. The van der Waals surface area contributed by atoms with Crippen LogP contribution in [0.15, 0.2) is 18.2 Å². The first-order valence-electron chi connectivity index (χ1n) is 6.37. The van der Waals surface area contributed by atoms with Gasteiger partial charge in [-0.05, 0) is 24.8 Å². The number of hydrogen-bond donors (Lipinski definition) is 1. The quantitative estimate of drug-likeness (QED) is 0.681. The highest BCUT2D eigenvalue weighted by Gasteiger charge is 2.28. The average Bonchev–Trinajstić information content (AvgIpc) is 2.87. The summed E-state index contributed by atoms with van der Waals surface area (Å²) in [6.45, 7) is 1.33. The van der Waals surface area contributed by atoms with Crippen molar-refractivity contribution >= 4 is 23.2 Å². The normalized spacial score (nSPS) is 18.3. The van der Waals surface area contributed by atoms with Gasteiger partial charge in [-0.3, -0.25) is 14.9 Å². The predicted octanol–water partition coefficient (Wildman–Crippen LogP) is 2.09. The maximum atomic E-state index is 12.3. The third-order valence-electron chi connectivity index (χ3n) is 3.50. The topological polar surface area (TPSA) is 83.7 Å². The fourth-order valence-corrected chi connectivity index (χ4v) is 2.65. The van der Waals surface area contributed by atoms with E-state index in [4.69, 9.17) is 16.7 Å². The van der Waals surface area contributed by atoms with Crippen LogP contribution < -0.4 is 0 Å². The monoisotopic (exact) mass is 298 g/mol. The smallest absolute Gasteiger partial charge is 0.270 e. The lowest BCUT2D eigenvalue weighted by Gasteiger charge is -2.17. The molecule has 1 aliphatic rings. The van der Waals surface area contributed by atoms with Crippen LogP contribution in [0.1, 0.15) is 23.2 Å². The van der Waals surface area contributed by atoms with Crippen LogP contribution in [0.2, 0.25) is 5.02 Å². The zero-order valence-electron chi connectivity index (χ0n) is 10.8. The zero-order chi connectivity index (χ0) is 14.7. The van der Waals surface area contributed by atoms with Crippen LogP contribution in [-0.4, -0.2) is 40.5 Å². The molecule has 1 amide bonds. The van der Waals surface area contributed by atoms with Crippen LogP contribution in [0.3, 0.4) is 0 Å². The third kappa shape index (κ3) is 3.08. The standard InChI is InChI=1S/C13H15ClN2O4/c14-12-7-10(16(19)20)1-2-11(12)13(18)15-5-3-9(8-15)4-6-17/h1-2,7,9,17H,3-6,8H2. The Labute approximate surface area is 121 Å². The lowest BCUT2D eigenvalue weighted by atomic mass is 10.1. The van der Waals surface area contributed by atoms with Gasteiger partial charge < -0.3 is 10.0 Å². The Morgan fingerprint density at radius 3 is 2.90 bits per heavy atom. The first-order valence-corrected chi connectivity index (χ1v) is 6.74. The third-order valence-corrected chi connectivity index (χ3v) is 3.82. The fraction of sp³-hybridized carbons (Fsp3) is 0.462. The van der Waals surface area contributed by atoms with Crippen molar-refractivity contribution in [1.29, 1.82) is 0 Å². The number of hydrogen-bond acceptors (Lipinski definition) is 4. The molecule has 20 heavy (non-hydrogen) atoms. The molecule has 108 valence electrons. The largest absolute Gasteiger partial charge is 0.396 e. The molecule has 0 radical (unpaired) electrons. The van der Waals surface area contributed by atoms with Gasteiger partial charge in [-0.25, -0.2) is 0 Å². The molecule has 1 aromatic rings. The molecule has 2 rings (SSSR count). The molecule has 0 bridgehead atoms. The maximum Gasteiger partial charge on any atom is 0.270 e. The molecule has 1 N–H and O–H groups in total. The molecule has 0 aromatic heterocycles. The highest BCUT2D eigenvalue weighted by molar-refractivity contribution is 6.34. The molecule has 1 heterocycles. The van der Waals surface area contributed by atoms with Gasteiger partial charge >= 0.3 is 0 Å². The number of halogens is 1. The summed E-state index contributed by atoms with van der Waals surface area (Å²) in [4.78, 5) is 24.1. The second-order valence-electron chi connectivity index (χ2n) is 4.84. The van der Waals surface area contributed by atoms with Crippen molar-refractivity contribution in [3.8, 4) is 0 Å². The van der Waals surface area contributed by atoms with E-state index >= 15 is 0 Å². The number of benzene rings is 1.